The van der Waals surface area contributed by atoms with Crippen molar-refractivity contribution in [2.75, 3.05) is 30.8 Å². The Labute approximate surface area is 158 Å². The molecule has 3 rings (SSSR count). The summed E-state index contributed by atoms with van der Waals surface area (Å²) in [6, 6.07) is 10.1. The molecule has 0 saturated carbocycles. The van der Waals surface area contributed by atoms with Crippen molar-refractivity contribution in [1.82, 2.24) is 15.3 Å². The SMILES string of the molecule is CNC(=O)CC1CCN(c2cc(N)nc(SCc3ccccc3C)n2)C1. The Morgan fingerprint density at radius 1 is 1.38 bits per heavy atom. The largest absolute Gasteiger partial charge is 0.383 e. The molecule has 1 aliphatic heterocycles. The first-order valence-electron chi connectivity index (χ1n) is 8.82. The number of nitrogen functional groups attached to an aromatic ring is 1. The van der Waals surface area contributed by atoms with Gasteiger partial charge in [-0.1, -0.05) is 36.0 Å². The second-order valence-electron chi connectivity index (χ2n) is 6.63. The Bertz CT molecular complexity index is 782. The molecule has 2 aromatic rings. The maximum absolute atomic E-state index is 11.6. The van der Waals surface area contributed by atoms with Crippen LogP contribution < -0.4 is 16.0 Å². The number of amides is 1. The maximum atomic E-state index is 11.6. The van der Waals surface area contributed by atoms with Crippen LogP contribution in [-0.2, 0) is 10.5 Å². The number of nitrogens with one attached hydrogen (secondary N) is 1. The van der Waals surface area contributed by atoms with Crippen molar-refractivity contribution in [3.8, 4) is 0 Å². The highest BCUT2D eigenvalue weighted by molar-refractivity contribution is 7.98. The lowest BCUT2D eigenvalue weighted by atomic mass is 10.1. The number of nitrogens with two attached hydrogens (primary N) is 1. The van der Waals surface area contributed by atoms with Crippen LogP contribution in [0.4, 0.5) is 11.6 Å². The Hall–Kier alpha value is -2.28. The van der Waals surface area contributed by atoms with Crippen LogP contribution in [-0.4, -0.2) is 36.0 Å². The van der Waals surface area contributed by atoms with Gasteiger partial charge in [0.2, 0.25) is 5.91 Å². The minimum Gasteiger partial charge on any atom is -0.383 e. The van der Waals surface area contributed by atoms with Gasteiger partial charge >= 0.3 is 0 Å². The van der Waals surface area contributed by atoms with Crippen LogP contribution in [0.1, 0.15) is 24.0 Å². The van der Waals surface area contributed by atoms with Gasteiger partial charge in [0.25, 0.3) is 0 Å². The molecule has 2 heterocycles. The number of aryl methyl sites for hydroxylation is 1. The zero-order valence-electron chi connectivity index (χ0n) is 15.2. The summed E-state index contributed by atoms with van der Waals surface area (Å²) in [7, 11) is 1.68. The third-order valence-corrected chi connectivity index (χ3v) is 5.59. The minimum absolute atomic E-state index is 0.0912. The molecule has 7 heteroatoms. The molecule has 1 amide bonds. The van der Waals surface area contributed by atoms with Crippen LogP contribution in [0.5, 0.6) is 0 Å². The third kappa shape index (κ3) is 4.66. The number of nitrogens with zero attached hydrogens (tertiary/aromatic N) is 3. The highest BCUT2D eigenvalue weighted by Crippen LogP contribution is 2.28. The van der Waals surface area contributed by atoms with Crippen molar-refractivity contribution in [3.05, 3.63) is 41.5 Å². The predicted molar refractivity (Wildman–Crippen MR) is 106 cm³/mol. The van der Waals surface area contributed by atoms with Gasteiger partial charge in [-0.05, 0) is 30.4 Å². The summed E-state index contributed by atoms with van der Waals surface area (Å²) < 4.78 is 0. The summed E-state index contributed by atoms with van der Waals surface area (Å²) >= 11 is 1.60. The summed E-state index contributed by atoms with van der Waals surface area (Å²) in [4.78, 5) is 22.8. The number of hydrogen-bond acceptors (Lipinski definition) is 6. The monoisotopic (exact) mass is 371 g/mol. The maximum Gasteiger partial charge on any atom is 0.220 e. The Kier molecular flexibility index (Phi) is 5.98. The van der Waals surface area contributed by atoms with Crippen LogP contribution >= 0.6 is 11.8 Å². The average Bonchev–Trinajstić information content (AvgIpc) is 3.09. The average molecular weight is 372 g/mol. The quantitative estimate of drug-likeness (QED) is 0.600. The van der Waals surface area contributed by atoms with Crippen LogP contribution in [0.15, 0.2) is 35.5 Å². The van der Waals surface area contributed by atoms with E-state index >= 15 is 0 Å². The normalized spacial score (nSPS) is 16.7. The van der Waals surface area contributed by atoms with E-state index in [-0.39, 0.29) is 5.91 Å². The van der Waals surface area contributed by atoms with E-state index in [4.69, 9.17) is 10.7 Å². The highest BCUT2D eigenvalue weighted by atomic mass is 32.2. The summed E-state index contributed by atoms with van der Waals surface area (Å²) in [5.41, 5.74) is 8.55. The van der Waals surface area contributed by atoms with Crippen LogP contribution in [0, 0.1) is 12.8 Å². The van der Waals surface area contributed by atoms with Gasteiger partial charge in [0.1, 0.15) is 11.6 Å². The van der Waals surface area contributed by atoms with Crippen molar-refractivity contribution in [2.24, 2.45) is 5.92 Å². The first-order valence-corrected chi connectivity index (χ1v) is 9.81. The Morgan fingerprint density at radius 3 is 2.96 bits per heavy atom. The first kappa shape index (κ1) is 18.5. The molecule has 0 radical (unpaired) electrons. The molecule has 1 saturated heterocycles. The fourth-order valence-electron chi connectivity index (χ4n) is 3.14. The topological polar surface area (TPSA) is 84.1 Å². The minimum atomic E-state index is 0.0912. The van der Waals surface area contributed by atoms with Crippen LogP contribution in [0.25, 0.3) is 0 Å². The van der Waals surface area contributed by atoms with E-state index in [9.17, 15) is 4.79 Å². The van der Waals surface area contributed by atoms with Crippen LogP contribution in [0.3, 0.4) is 0 Å². The van der Waals surface area contributed by atoms with E-state index in [0.29, 0.717) is 23.3 Å². The Morgan fingerprint density at radius 2 is 2.19 bits per heavy atom. The molecule has 1 fully saturated rings. The standard InChI is InChI=1S/C19H25N5OS/c1-13-5-3-4-6-15(13)12-26-19-22-16(20)10-17(23-19)24-8-7-14(11-24)9-18(25)21-2/h3-6,10,14H,7-9,11-12H2,1-2H3,(H,21,25)(H2,20,22,23). The number of hydrogen-bond donors (Lipinski definition) is 2. The predicted octanol–water partition coefficient (Wildman–Crippen LogP) is 2.62. The molecule has 1 aromatic heterocycles. The van der Waals surface area contributed by atoms with Gasteiger partial charge in [-0.15, -0.1) is 0 Å². The lowest BCUT2D eigenvalue weighted by molar-refractivity contribution is -0.121. The van der Waals surface area contributed by atoms with Crippen molar-refractivity contribution < 1.29 is 4.79 Å². The van der Waals surface area contributed by atoms with Gasteiger partial charge in [0.05, 0.1) is 0 Å². The second kappa shape index (κ2) is 8.40. The van der Waals surface area contributed by atoms with E-state index < -0.39 is 0 Å². The number of thioether (sulfide) groups is 1. The van der Waals surface area contributed by atoms with Crippen molar-refractivity contribution in [3.63, 3.8) is 0 Å². The third-order valence-electron chi connectivity index (χ3n) is 4.69. The van der Waals surface area contributed by atoms with Gasteiger partial charge < -0.3 is 16.0 Å². The van der Waals surface area contributed by atoms with Crippen molar-refractivity contribution in [2.45, 2.75) is 30.7 Å². The van der Waals surface area contributed by atoms with Gasteiger partial charge in [-0.25, -0.2) is 9.97 Å². The van der Waals surface area contributed by atoms with E-state index in [0.717, 1.165) is 31.1 Å². The Balaban J connectivity index is 1.66. The number of benzene rings is 1. The summed E-state index contributed by atoms with van der Waals surface area (Å²) in [6.45, 7) is 3.82. The summed E-state index contributed by atoms with van der Waals surface area (Å²) in [5, 5.41) is 3.39. The highest BCUT2D eigenvalue weighted by Gasteiger charge is 2.25. The fourth-order valence-corrected chi connectivity index (χ4v) is 4.08. The lowest BCUT2D eigenvalue weighted by Crippen LogP contribution is -2.25. The van der Waals surface area contributed by atoms with E-state index in [1.54, 1.807) is 18.8 Å². The van der Waals surface area contributed by atoms with E-state index in [1.807, 2.05) is 18.2 Å². The molecule has 0 bridgehead atoms. The zero-order chi connectivity index (χ0) is 18.5. The van der Waals surface area contributed by atoms with Gasteiger partial charge in [0.15, 0.2) is 5.16 Å². The van der Waals surface area contributed by atoms with Gasteiger partial charge in [-0.3, -0.25) is 4.79 Å². The molecule has 0 spiro atoms. The van der Waals surface area contributed by atoms with E-state index in [1.165, 1.54) is 11.1 Å². The summed E-state index contributed by atoms with van der Waals surface area (Å²) in [5.74, 6) is 2.60. The number of carbonyl (C=O) groups excluding carboxylic acids is 1. The first-order chi connectivity index (χ1) is 12.5. The van der Waals surface area contributed by atoms with E-state index in [2.05, 4.69) is 34.3 Å². The van der Waals surface area contributed by atoms with Crippen LogP contribution in [0.2, 0.25) is 0 Å². The molecule has 26 heavy (non-hydrogen) atoms. The molecule has 3 N–H and O–H groups in total. The molecule has 6 nitrogen and oxygen atoms in total. The molecule has 1 atom stereocenters. The molecule has 1 aliphatic rings. The zero-order valence-corrected chi connectivity index (χ0v) is 16.1. The molecular weight excluding hydrogens is 346 g/mol. The molecule has 138 valence electrons. The van der Waals surface area contributed by atoms with Gasteiger partial charge in [0, 0.05) is 38.4 Å². The molecular formula is C19H25N5OS. The number of aromatic nitrogens is 2. The fraction of sp³-hybridized carbons (Fsp3) is 0.421. The number of anilines is 2. The smallest absolute Gasteiger partial charge is 0.220 e. The lowest BCUT2D eigenvalue weighted by Gasteiger charge is -2.18. The molecule has 0 aliphatic carbocycles. The molecule has 1 aromatic carbocycles. The number of rotatable bonds is 6. The second-order valence-corrected chi connectivity index (χ2v) is 7.57. The van der Waals surface area contributed by atoms with Crippen molar-refractivity contribution >= 4 is 29.3 Å². The molecule has 1 unspecified atom stereocenters. The van der Waals surface area contributed by atoms with Crippen molar-refractivity contribution in [1.29, 1.82) is 0 Å². The summed E-state index contributed by atoms with van der Waals surface area (Å²) in [6.07, 6.45) is 1.55. The van der Waals surface area contributed by atoms with Gasteiger partial charge in [-0.2, -0.15) is 0 Å². The number of carbonyl (C=O) groups is 1.